The zero-order valence-electron chi connectivity index (χ0n) is 13.3. The Bertz CT molecular complexity index is 691. The molecule has 0 amide bonds. The number of hydrogen-bond acceptors (Lipinski definition) is 6. The van der Waals surface area contributed by atoms with Gasteiger partial charge in [0.15, 0.2) is 17.2 Å². The molecule has 7 heteroatoms. The number of aliphatic hydroxyl groups is 1. The van der Waals surface area contributed by atoms with Crippen molar-refractivity contribution < 1.29 is 14.6 Å². The number of aliphatic hydroxyl groups excluding tert-OH is 1. The Balaban J connectivity index is 2.14. The molecule has 0 aliphatic heterocycles. The van der Waals surface area contributed by atoms with Gasteiger partial charge in [0.25, 0.3) is 0 Å². The summed E-state index contributed by atoms with van der Waals surface area (Å²) in [6.07, 6.45) is 1.94. The van der Waals surface area contributed by atoms with E-state index in [1.807, 2.05) is 18.2 Å². The van der Waals surface area contributed by atoms with Crippen LogP contribution in [-0.4, -0.2) is 40.9 Å². The van der Waals surface area contributed by atoms with Crippen LogP contribution in [0.5, 0.6) is 11.5 Å². The van der Waals surface area contributed by atoms with Gasteiger partial charge in [-0.25, -0.2) is 4.68 Å². The van der Waals surface area contributed by atoms with Crippen molar-refractivity contribution in [3.63, 3.8) is 0 Å². The van der Waals surface area contributed by atoms with Crippen LogP contribution < -0.4 is 9.47 Å². The predicted octanol–water partition coefficient (Wildman–Crippen LogP) is 1.33. The smallest absolute Gasteiger partial charge is 0.185 e. The summed E-state index contributed by atoms with van der Waals surface area (Å²) in [7, 11) is 3.20. The van der Waals surface area contributed by atoms with Crippen LogP contribution in [0.15, 0.2) is 18.2 Å². The van der Waals surface area contributed by atoms with Gasteiger partial charge in [0, 0.05) is 13.2 Å². The maximum Gasteiger partial charge on any atom is 0.185 e. The average Bonchev–Trinajstić information content (AvgIpc) is 2.99. The van der Waals surface area contributed by atoms with Crippen LogP contribution in [-0.2, 0) is 19.4 Å². The molecule has 23 heavy (non-hydrogen) atoms. The molecule has 0 atom stereocenters. The van der Waals surface area contributed by atoms with Crippen LogP contribution in [0.1, 0.15) is 23.4 Å². The van der Waals surface area contributed by atoms with Gasteiger partial charge in [-0.15, -0.1) is 5.10 Å². The lowest BCUT2D eigenvalue weighted by Crippen LogP contribution is -2.08. The quantitative estimate of drug-likeness (QED) is 0.790. The van der Waals surface area contributed by atoms with Crippen molar-refractivity contribution >= 4 is 0 Å². The highest BCUT2D eigenvalue weighted by Crippen LogP contribution is 2.28. The molecule has 7 nitrogen and oxygen atoms in total. The Kier molecular flexibility index (Phi) is 5.94. The number of nitrogens with zero attached hydrogens (tertiary/aromatic N) is 4. The zero-order chi connectivity index (χ0) is 16.7. The Morgan fingerprint density at radius 3 is 2.65 bits per heavy atom. The second-order valence-corrected chi connectivity index (χ2v) is 4.99. The highest BCUT2D eigenvalue weighted by molar-refractivity contribution is 5.43. The number of methoxy groups -OCH3 is 2. The average molecular weight is 316 g/mol. The summed E-state index contributed by atoms with van der Waals surface area (Å²) in [5.41, 5.74) is 2.19. The third kappa shape index (κ3) is 3.99. The Labute approximate surface area is 135 Å². The molecule has 0 bridgehead atoms. The highest BCUT2D eigenvalue weighted by atomic mass is 16.5. The number of rotatable bonds is 8. The van der Waals surface area contributed by atoms with E-state index in [2.05, 4.69) is 16.4 Å². The van der Waals surface area contributed by atoms with Crippen molar-refractivity contribution in [1.29, 1.82) is 5.26 Å². The SMILES string of the molecule is COc1ccc(CCc2c(C#N)nnn2CCCO)cc1OC. The van der Waals surface area contributed by atoms with Crippen LogP contribution in [0.4, 0.5) is 0 Å². The molecule has 0 saturated heterocycles. The molecule has 2 aromatic rings. The fourth-order valence-corrected chi connectivity index (χ4v) is 2.37. The van der Waals surface area contributed by atoms with Crippen molar-refractivity contribution in [2.24, 2.45) is 0 Å². The van der Waals surface area contributed by atoms with Gasteiger partial charge in [0.1, 0.15) is 6.07 Å². The van der Waals surface area contributed by atoms with Gasteiger partial charge in [-0.05, 0) is 37.0 Å². The van der Waals surface area contributed by atoms with Gasteiger partial charge in [0.2, 0.25) is 0 Å². The minimum Gasteiger partial charge on any atom is -0.493 e. The van der Waals surface area contributed by atoms with E-state index in [1.54, 1.807) is 18.9 Å². The number of hydrogen-bond donors (Lipinski definition) is 1. The number of aryl methyl sites for hydroxylation is 2. The molecule has 1 aromatic heterocycles. The molecule has 0 unspecified atom stereocenters. The molecule has 122 valence electrons. The molecular formula is C16H20N4O3. The summed E-state index contributed by atoms with van der Waals surface area (Å²) in [4.78, 5) is 0. The normalized spacial score (nSPS) is 10.3. The van der Waals surface area contributed by atoms with Crippen molar-refractivity contribution in [2.45, 2.75) is 25.8 Å². The minimum atomic E-state index is 0.0802. The van der Waals surface area contributed by atoms with Crippen LogP contribution in [0.2, 0.25) is 0 Å². The van der Waals surface area contributed by atoms with Crippen molar-refractivity contribution in [3.8, 4) is 17.6 Å². The fourth-order valence-electron chi connectivity index (χ4n) is 2.37. The summed E-state index contributed by atoms with van der Waals surface area (Å²) in [5, 5.41) is 26.0. The maximum absolute atomic E-state index is 9.15. The van der Waals surface area contributed by atoms with E-state index < -0.39 is 0 Å². The molecule has 1 aromatic carbocycles. The first-order chi connectivity index (χ1) is 11.2. The molecule has 0 aliphatic carbocycles. The first-order valence-corrected chi connectivity index (χ1v) is 7.37. The number of nitriles is 1. The van der Waals surface area contributed by atoms with Gasteiger partial charge < -0.3 is 14.6 Å². The zero-order valence-corrected chi connectivity index (χ0v) is 13.3. The molecule has 2 rings (SSSR count). The Morgan fingerprint density at radius 1 is 1.22 bits per heavy atom. The van der Waals surface area contributed by atoms with E-state index in [0.717, 1.165) is 17.7 Å². The van der Waals surface area contributed by atoms with E-state index in [9.17, 15) is 0 Å². The lowest BCUT2D eigenvalue weighted by Gasteiger charge is -2.10. The minimum absolute atomic E-state index is 0.0802. The Hall–Kier alpha value is -2.59. The van der Waals surface area contributed by atoms with Crippen LogP contribution in [0.3, 0.4) is 0 Å². The number of ether oxygens (including phenoxy) is 2. The second kappa shape index (κ2) is 8.15. The first kappa shape index (κ1) is 16.8. The van der Waals surface area contributed by atoms with Gasteiger partial charge in [-0.1, -0.05) is 11.3 Å². The third-order valence-electron chi connectivity index (χ3n) is 3.57. The monoisotopic (exact) mass is 316 g/mol. The van der Waals surface area contributed by atoms with E-state index in [1.165, 1.54) is 0 Å². The Morgan fingerprint density at radius 2 is 2.00 bits per heavy atom. The van der Waals surface area contributed by atoms with Crippen molar-refractivity contribution in [1.82, 2.24) is 15.0 Å². The molecule has 1 N–H and O–H groups in total. The molecule has 1 heterocycles. The summed E-state index contributed by atoms with van der Waals surface area (Å²) in [6.45, 7) is 0.628. The molecule has 0 saturated carbocycles. The molecular weight excluding hydrogens is 296 g/mol. The fraction of sp³-hybridized carbons (Fsp3) is 0.438. The number of aromatic nitrogens is 3. The summed E-state index contributed by atoms with van der Waals surface area (Å²) >= 11 is 0. The van der Waals surface area contributed by atoms with Gasteiger partial charge in [-0.2, -0.15) is 5.26 Å². The molecule has 0 fully saturated rings. The highest BCUT2D eigenvalue weighted by Gasteiger charge is 2.13. The largest absolute Gasteiger partial charge is 0.493 e. The molecule has 0 spiro atoms. The van der Waals surface area contributed by atoms with Crippen LogP contribution in [0.25, 0.3) is 0 Å². The van der Waals surface area contributed by atoms with E-state index >= 15 is 0 Å². The van der Waals surface area contributed by atoms with Gasteiger partial charge in [0.05, 0.1) is 19.9 Å². The summed E-state index contributed by atoms with van der Waals surface area (Å²) in [6, 6.07) is 7.82. The topological polar surface area (TPSA) is 93.2 Å². The van der Waals surface area contributed by atoms with E-state index in [4.69, 9.17) is 19.8 Å². The van der Waals surface area contributed by atoms with Crippen molar-refractivity contribution in [2.75, 3.05) is 20.8 Å². The third-order valence-corrected chi connectivity index (χ3v) is 3.57. The molecule has 0 radical (unpaired) electrons. The number of benzene rings is 1. The molecule has 0 aliphatic rings. The van der Waals surface area contributed by atoms with Crippen LogP contribution in [0, 0.1) is 11.3 Å². The lowest BCUT2D eigenvalue weighted by atomic mass is 10.1. The summed E-state index contributed by atoms with van der Waals surface area (Å²) < 4.78 is 12.2. The summed E-state index contributed by atoms with van der Waals surface area (Å²) in [5.74, 6) is 1.36. The van der Waals surface area contributed by atoms with Gasteiger partial charge in [-0.3, -0.25) is 0 Å². The van der Waals surface area contributed by atoms with Crippen LogP contribution >= 0.6 is 0 Å². The maximum atomic E-state index is 9.15. The lowest BCUT2D eigenvalue weighted by molar-refractivity contribution is 0.275. The van der Waals surface area contributed by atoms with E-state index in [0.29, 0.717) is 36.6 Å². The standard InChI is InChI=1S/C16H20N4O3/c1-22-15-7-5-12(10-16(15)23-2)4-6-14-13(11-17)18-19-20(14)8-3-9-21/h5,7,10,21H,3-4,6,8-9H2,1-2H3. The van der Waals surface area contributed by atoms with E-state index in [-0.39, 0.29) is 6.61 Å². The second-order valence-electron chi connectivity index (χ2n) is 4.99. The predicted molar refractivity (Wildman–Crippen MR) is 83.4 cm³/mol. The van der Waals surface area contributed by atoms with Gasteiger partial charge >= 0.3 is 0 Å². The first-order valence-electron chi connectivity index (χ1n) is 7.37. The van der Waals surface area contributed by atoms with Crippen molar-refractivity contribution in [3.05, 3.63) is 35.2 Å².